The summed E-state index contributed by atoms with van der Waals surface area (Å²) < 4.78 is 5.92. The number of hydrogen-bond donors (Lipinski definition) is 1. The van der Waals surface area contributed by atoms with Crippen LogP contribution in [0.3, 0.4) is 0 Å². The summed E-state index contributed by atoms with van der Waals surface area (Å²) in [5, 5.41) is 3.80. The molecule has 3 rings (SSSR count). The second-order valence-corrected chi connectivity index (χ2v) is 6.46. The van der Waals surface area contributed by atoms with Gasteiger partial charge < -0.3 is 10.1 Å². The van der Waals surface area contributed by atoms with Gasteiger partial charge in [-0.25, -0.2) is 0 Å². The van der Waals surface area contributed by atoms with Crippen molar-refractivity contribution in [2.24, 2.45) is 11.8 Å². The van der Waals surface area contributed by atoms with Crippen molar-refractivity contribution in [3.8, 4) is 0 Å². The van der Waals surface area contributed by atoms with E-state index in [1.807, 2.05) is 0 Å². The predicted molar refractivity (Wildman–Crippen MR) is 70.0 cm³/mol. The molecule has 0 radical (unpaired) electrons. The number of rotatable bonds is 4. The molecule has 2 heterocycles. The van der Waals surface area contributed by atoms with Gasteiger partial charge in [0.15, 0.2) is 0 Å². The molecular weight excluding hydrogens is 210 g/mol. The number of nitrogens with one attached hydrogen (secondary N) is 1. The highest BCUT2D eigenvalue weighted by Crippen LogP contribution is 2.38. The predicted octanol–water partition coefficient (Wildman–Crippen LogP) is 3.11. The van der Waals surface area contributed by atoms with Crippen molar-refractivity contribution < 1.29 is 4.74 Å². The molecule has 1 saturated carbocycles. The lowest BCUT2D eigenvalue weighted by Crippen LogP contribution is -2.39. The normalized spacial score (nSPS) is 39.7. The maximum Gasteiger partial charge on any atom is 0.0621 e. The SMILES string of the molecule is CC(NCC1CC2CCC1O2)C1CCCCC1. The van der Waals surface area contributed by atoms with Crippen LogP contribution in [0.2, 0.25) is 0 Å². The zero-order valence-corrected chi connectivity index (χ0v) is 11.2. The Balaban J connectivity index is 1.41. The van der Waals surface area contributed by atoms with Crippen LogP contribution in [0.5, 0.6) is 0 Å². The lowest BCUT2D eigenvalue weighted by Gasteiger charge is -2.30. The third-order valence-corrected chi connectivity index (χ3v) is 5.29. The number of fused-ring (bicyclic) bond motifs is 2. The van der Waals surface area contributed by atoms with Crippen LogP contribution < -0.4 is 5.32 Å². The number of hydrogen-bond acceptors (Lipinski definition) is 2. The highest BCUT2D eigenvalue weighted by molar-refractivity contribution is 4.91. The molecule has 0 aromatic carbocycles. The molecule has 17 heavy (non-hydrogen) atoms. The Labute approximate surface area is 105 Å². The minimum Gasteiger partial charge on any atom is -0.375 e. The van der Waals surface area contributed by atoms with Gasteiger partial charge in [-0.15, -0.1) is 0 Å². The Morgan fingerprint density at radius 2 is 1.94 bits per heavy atom. The summed E-state index contributed by atoms with van der Waals surface area (Å²) in [7, 11) is 0. The fourth-order valence-electron chi connectivity index (χ4n) is 4.10. The van der Waals surface area contributed by atoms with Crippen LogP contribution in [-0.2, 0) is 4.74 Å². The average Bonchev–Trinajstić information content (AvgIpc) is 2.99. The molecule has 0 amide bonds. The molecule has 4 atom stereocenters. The van der Waals surface area contributed by atoms with E-state index in [-0.39, 0.29) is 0 Å². The van der Waals surface area contributed by atoms with Crippen molar-refractivity contribution >= 4 is 0 Å². The van der Waals surface area contributed by atoms with Crippen molar-refractivity contribution in [3.63, 3.8) is 0 Å². The first-order chi connectivity index (χ1) is 8.33. The minimum atomic E-state index is 0.589. The van der Waals surface area contributed by atoms with Gasteiger partial charge in [-0.2, -0.15) is 0 Å². The summed E-state index contributed by atoms with van der Waals surface area (Å²) in [5.41, 5.74) is 0. The first-order valence-corrected chi connectivity index (χ1v) is 7.72. The lowest BCUT2D eigenvalue weighted by atomic mass is 9.84. The Hall–Kier alpha value is -0.0800. The van der Waals surface area contributed by atoms with E-state index in [9.17, 15) is 0 Å². The maximum absolute atomic E-state index is 5.92. The van der Waals surface area contributed by atoms with E-state index >= 15 is 0 Å². The van der Waals surface area contributed by atoms with Gasteiger partial charge >= 0.3 is 0 Å². The van der Waals surface area contributed by atoms with Gasteiger partial charge in [-0.3, -0.25) is 0 Å². The monoisotopic (exact) mass is 237 g/mol. The third-order valence-electron chi connectivity index (χ3n) is 5.29. The molecule has 98 valence electrons. The molecule has 0 aromatic rings. The first kappa shape index (κ1) is 12.0. The largest absolute Gasteiger partial charge is 0.375 e. The quantitative estimate of drug-likeness (QED) is 0.811. The summed E-state index contributed by atoms with van der Waals surface area (Å²) in [5.74, 6) is 1.74. The van der Waals surface area contributed by atoms with Crippen molar-refractivity contribution in [2.75, 3.05) is 6.54 Å². The molecule has 2 saturated heterocycles. The van der Waals surface area contributed by atoms with Gasteiger partial charge in [0.2, 0.25) is 0 Å². The number of ether oxygens (including phenoxy) is 1. The van der Waals surface area contributed by atoms with Crippen molar-refractivity contribution in [1.29, 1.82) is 0 Å². The third kappa shape index (κ3) is 2.68. The molecule has 2 heteroatoms. The van der Waals surface area contributed by atoms with Crippen molar-refractivity contribution in [3.05, 3.63) is 0 Å². The Bertz CT molecular complexity index is 249. The second-order valence-electron chi connectivity index (χ2n) is 6.46. The van der Waals surface area contributed by atoms with Crippen LogP contribution in [0.25, 0.3) is 0 Å². The molecule has 2 bridgehead atoms. The molecule has 2 aliphatic heterocycles. The van der Waals surface area contributed by atoms with Gasteiger partial charge in [0.05, 0.1) is 12.2 Å². The molecule has 0 aromatic heterocycles. The highest BCUT2D eigenvalue weighted by Gasteiger charge is 2.40. The molecular formula is C15H27NO. The maximum atomic E-state index is 5.92. The van der Waals surface area contributed by atoms with E-state index in [4.69, 9.17) is 4.74 Å². The van der Waals surface area contributed by atoms with Crippen molar-refractivity contribution in [2.45, 2.75) is 76.5 Å². The summed E-state index contributed by atoms with van der Waals surface area (Å²) >= 11 is 0. The average molecular weight is 237 g/mol. The van der Waals surface area contributed by atoms with Crippen LogP contribution in [0.15, 0.2) is 0 Å². The summed E-state index contributed by atoms with van der Waals surface area (Å²) in [6, 6.07) is 0.717. The fourth-order valence-corrected chi connectivity index (χ4v) is 4.10. The highest BCUT2D eigenvalue weighted by atomic mass is 16.5. The Kier molecular flexibility index (Phi) is 3.72. The lowest BCUT2D eigenvalue weighted by molar-refractivity contribution is 0.0914. The van der Waals surface area contributed by atoms with Crippen LogP contribution in [0.1, 0.15) is 58.3 Å². The molecule has 1 N–H and O–H groups in total. The molecule has 3 fully saturated rings. The van der Waals surface area contributed by atoms with Gasteiger partial charge in [0.1, 0.15) is 0 Å². The summed E-state index contributed by atoms with van der Waals surface area (Å²) in [6.07, 6.45) is 12.4. The van der Waals surface area contributed by atoms with E-state index in [0.29, 0.717) is 12.2 Å². The summed E-state index contributed by atoms with van der Waals surface area (Å²) in [4.78, 5) is 0. The first-order valence-electron chi connectivity index (χ1n) is 7.72. The zero-order valence-electron chi connectivity index (χ0n) is 11.2. The molecule has 0 spiro atoms. The van der Waals surface area contributed by atoms with Crippen molar-refractivity contribution in [1.82, 2.24) is 5.32 Å². The van der Waals surface area contributed by atoms with E-state index in [0.717, 1.165) is 17.9 Å². The van der Waals surface area contributed by atoms with Gasteiger partial charge in [-0.1, -0.05) is 19.3 Å². The van der Waals surface area contributed by atoms with Crippen LogP contribution >= 0.6 is 0 Å². The van der Waals surface area contributed by atoms with Crippen LogP contribution in [0, 0.1) is 11.8 Å². The standard InChI is InChI=1S/C15H27NO/c1-11(12-5-3-2-4-6-12)16-10-13-9-14-7-8-15(13)17-14/h11-16H,2-10H2,1H3. The van der Waals surface area contributed by atoms with Gasteiger partial charge in [0.25, 0.3) is 0 Å². The molecule has 1 aliphatic carbocycles. The molecule has 4 unspecified atom stereocenters. The van der Waals surface area contributed by atoms with E-state index in [1.165, 1.54) is 57.9 Å². The molecule has 2 nitrogen and oxygen atoms in total. The summed E-state index contributed by atoms with van der Waals surface area (Å²) in [6.45, 7) is 3.59. The Morgan fingerprint density at radius 1 is 1.12 bits per heavy atom. The molecule has 3 aliphatic rings. The van der Waals surface area contributed by atoms with E-state index < -0.39 is 0 Å². The second kappa shape index (κ2) is 5.27. The van der Waals surface area contributed by atoms with Gasteiger partial charge in [-0.05, 0) is 44.9 Å². The minimum absolute atomic E-state index is 0.589. The van der Waals surface area contributed by atoms with Crippen LogP contribution in [-0.4, -0.2) is 24.8 Å². The van der Waals surface area contributed by atoms with Crippen LogP contribution in [0.4, 0.5) is 0 Å². The fraction of sp³-hybridized carbons (Fsp3) is 1.00. The zero-order chi connectivity index (χ0) is 11.7. The van der Waals surface area contributed by atoms with E-state index in [2.05, 4.69) is 12.2 Å². The Morgan fingerprint density at radius 3 is 2.59 bits per heavy atom. The smallest absolute Gasteiger partial charge is 0.0621 e. The van der Waals surface area contributed by atoms with E-state index in [1.54, 1.807) is 0 Å². The van der Waals surface area contributed by atoms with Gasteiger partial charge in [0, 0.05) is 18.5 Å². The topological polar surface area (TPSA) is 21.3 Å².